The second-order valence-electron chi connectivity index (χ2n) is 6.44. The van der Waals surface area contributed by atoms with Crippen LogP contribution in [0.4, 0.5) is 5.69 Å². The molecule has 0 spiro atoms. The summed E-state index contributed by atoms with van der Waals surface area (Å²) in [5.74, 6) is 0.540. The van der Waals surface area contributed by atoms with Crippen LogP contribution in [0.5, 0.6) is 5.75 Å². The van der Waals surface area contributed by atoms with Crippen molar-refractivity contribution in [3.05, 3.63) is 90.3 Å². The van der Waals surface area contributed by atoms with Gasteiger partial charge in [-0.25, -0.2) is 0 Å². The number of pyridine rings is 1. The minimum absolute atomic E-state index is 0.0711. The largest absolute Gasteiger partial charge is 0.494 e. The first-order chi connectivity index (χ1) is 14.2. The van der Waals surface area contributed by atoms with E-state index in [0.717, 1.165) is 11.3 Å². The van der Waals surface area contributed by atoms with Gasteiger partial charge in [0.25, 0.3) is 5.91 Å². The fraction of sp³-hybridized carbons (Fsp3) is 0.174. The normalized spacial score (nSPS) is 10.2. The van der Waals surface area contributed by atoms with Gasteiger partial charge in [-0.1, -0.05) is 30.3 Å². The van der Waals surface area contributed by atoms with E-state index in [4.69, 9.17) is 4.74 Å². The molecule has 6 heteroatoms. The molecule has 1 aromatic heterocycles. The van der Waals surface area contributed by atoms with Gasteiger partial charge in [-0.05, 0) is 48.4 Å². The number of anilines is 1. The highest BCUT2D eigenvalue weighted by Crippen LogP contribution is 2.12. The molecule has 2 amide bonds. The molecule has 0 aliphatic rings. The third-order valence-electron chi connectivity index (χ3n) is 4.15. The highest BCUT2D eigenvalue weighted by Gasteiger charge is 2.06. The number of hydrogen-bond acceptors (Lipinski definition) is 4. The van der Waals surface area contributed by atoms with Crippen molar-refractivity contribution in [3.8, 4) is 5.75 Å². The zero-order chi connectivity index (χ0) is 20.3. The molecule has 1 heterocycles. The summed E-state index contributed by atoms with van der Waals surface area (Å²) in [6.07, 6.45) is 4.14. The Morgan fingerprint density at radius 2 is 1.83 bits per heavy atom. The summed E-state index contributed by atoms with van der Waals surface area (Å²) in [7, 11) is 0. The maximum Gasteiger partial charge on any atom is 0.253 e. The van der Waals surface area contributed by atoms with Gasteiger partial charge in [0.15, 0.2) is 0 Å². The van der Waals surface area contributed by atoms with Crippen molar-refractivity contribution >= 4 is 17.5 Å². The number of amides is 2. The van der Waals surface area contributed by atoms with Gasteiger partial charge in [-0.2, -0.15) is 0 Å². The van der Waals surface area contributed by atoms with Gasteiger partial charge >= 0.3 is 0 Å². The second kappa shape index (κ2) is 10.6. The maximum absolute atomic E-state index is 12.1. The van der Waals surface area contributed by atoms with Gasteiger partial charge < -0.3 is 15.4 Å². The first-order valence-corrected chi connectivity index (χ1v) is 9.45. The van der Waals surface area contributed by atoms with Crippen molar-refractivity contribution in [2.24, 2.45) is 0 Å². The van der Waals surface area contributed by atoms with Gasteiger partial charge in [0.2, 0.25) is 5.91 Å². The highest BCUT2D eigenvalue weighted by molar-refractivity contribution is 5.93. The van der Waals surface area contributed by atoms with Crippen LogP contribution >= 0.6 is 0 Å². The second-order valence-corrected chi connectivity index (χ2v) is 6.44. The van der Waals surface area contributed by atoms with Crippen molar-refractivity contribution in [1.29, 1.82) is 0 Å². The smallest absolute Gasteiger partial charge is 0.253 e. The quantitative estimate of drug-likeness (QED) is 0.546. The van der Waals surface area contributed by atoms with Gasteiger partial charge in [-0.15, -0.1) is 0 Å². The Hall–Kier alpha value is -3.67. The average Bonchev–Trinajstić information content (AvgIpc) is 2.77. The van der Waals surface area contributed by atoms with Crippen molar-refractivity contribution in [3.63, 3.8) is 0 Å². The highest BCUT2D eigenvalue weighted by atomic mass is 16.5. The molecule has 6 nitrogen and oxygen atoms in total. The van der Waals surface area contributed by atoms with Crippen LogP contribution in [-0.2, 0) is 11.3 Å². The van der Waals surface area contributed by atoms with Gasteiger partial charge in [0.1, 0.15) is 5.75 Å². The average molecular weight is 389 g/mol. The van der Waals surface area contributed by atoms with Crippen molar-refractivity contribution in [2.45, 2.75) is 19.4 Å². The molecule has 3 rings (SSSR count). The number of carbonyl (C=O) groups excluding carboxylic acids is 2. The summed E-state index contributed by atoms with van der Waals surface area (Å²) >= 11 is 0. The number of ether oxygens (including phenoxy) is 1. The van der Waals surface area contributed by atoms with Crippen molar-refractivity contribution in [1.82, 2.24) is 10.3 Å². The Kier molecular flexibility index (Phi) is 7.34. The van der Waals surface area contributed by atoms with E-state index in [2.05, 4.69) is 15.6 Å². The SMILES string of the molecule is O=C(CCCOc1ccccc1)Nc1cccc(CNC(=O)c2cccnc2)c1. The van der Waals surface area contributed by atoms with Crippen LogP contribution in [0.1, 0.15) is 28.8 Å². The third kappa shape index (κ3) is 6.77. The topological polar surface area (TPSA) is 80.3 Å². The summed E-state index contributed by atoms with van der Waals surface area (Å²) in [4.78, 5) is 28.2. The predicted molar refractivity (Wildman–Crippen MR) is 112 cm³/mol. The van der Waals surface area contributed by atoms with E-state index in [-0.39, 0.29) is 11.8 Å². The Labute approximate surface area is 169 Å². The molecule has 2 N–H and O–H groups in total. The van der Waals surface area contributed by atoms with Crippen LogP contribution in [0.15, 0.2) is 79.1 Å². The molecule has 0 bridgehead atoms. The molecule has 29 heavy (non-hydrogen) atoms. The first-order valence-electron chi connectivity index (χ1n) is 9.45. The lowest BCUT2D eigenvalue weighted by atomic mass is 10.2. The third-order valence-corrected chi connectivity index (χ3v) is 4.15. The van der Waals surface area contributed by atoms with Crippen LogP contribution in [0.2, 0.25) is 0 Å². The molecular weight excluding hydrogens is 366 g/mol. The number of nitrogens with one attached hydrogen (secondary N) is 2. The Balaban J connectivity index is 1.41. The van der Waals surface area contributed by atoms with Crippen LogP contribution in [0.25, 0.3) is 0 Å². The van der Waals surface area contributed by atoms with Gasteiger partial charge in [-0.3, -0.25) is 14.6 Å². The molecule has 0 aliphatic carbocycles. The van der Waals surface area contributed by atoms with Crippen LogP contribution in [0, 0.1) is 0 Å². The summed E-state index contributed by atoms with van der Waals surface area (Å²) in [6.45, 7) is 0.847. The van der Waals surface area contributed by atoms with E-state index in [9.17, 15) is 9.59 Å². The van der Waals surface area contributed by atoms with Gasteiger partial charge in [0.05, 0.1) is 12.2 Å². The Bertz CT molecular complexity index is 930. The number of carbonyl (C=O) groups is 2. The lowest BCUT2D eigenvalue weighted by molar-refractivity contribution is -0.116. The van der Waals surface area contributed by atoms with Gasteiger partial charge in [0, 0.05) is 31.0 Å². The molecular formula is C23H23N3O3. The maximum atomic E-state index is 12.1. The Morgan fingerprint density at radius 1 is 0.966 bits per heavy atom. The summed E-state index contributed by atoms with van der Waals surface area (Å²) < 4.78 is 5.59. The molecule has 0 saturated carbocycles. The summed E-state index contributed by atoms with van der Waals surface area (Å²) in [6, 6.07) is 20.4. The molecule has 0 fully saturated rings. The number of aromatic nitrogens is 1. The molecule has 0 aliphatic heterocycles. The number of benzene rings is 2. The fourth-order valence-electron chi connectivity index (χ4n) is 2.70. The minimum Gasteiger partial charge on any atom is -0.494 e. The molecule has 0 radical (unpaired) electrons. The van der Waals surface area contributed by atoms with Crippen LogP contribution in [-0.4, -0.2) is 23.4 Å². The van der Waals surface area contributed by atoms with E-state index in [0.29, 0.717) is 37.2 Å². The van der Waals surface area contributed by atoms with Crippen molar-refractivity contribution in [2.75, 3.05) is 11.9 Å². The summed E-state index contributed by atoms with van der Waals surface area (Å²) in [5, 5.41) is 5.73. The molecule has 148 valence electrons. The summed E-state index contributed by atoms with van der Waals surface area (Å²) in [5.41, 5.74) is 2.11. The van der Waals surface area contributed by atoms with E-state index in [1.165, 1.54) is 6.20 Å². The molecule has 0 atom stereocenters. The standard InChI is InChI=1S/C23H23N3O3/c27-22(12-6-14-29-21-10-2-1-3-11-21)26-20-9-4-7-18(15-20)16-25-23(28)19-8-5-13-24-17-19/h1-5,7-11,13,15,17H,6,12,14,16H2,(H,25,28)(H,26,27). The van der Waals surface area contributed by atoms with Crippen LogP contribution in [0.3, 0.4) is 0 Å². The molecule has 3 aromatic rings. The van der Waals surface area contributed by atoms with E-state index < -0.39 is 0 Å². The number of hydrogen-bond donors (Lipinski definition) is 2. The lowest BCUT2D eigenvalue weighted by Gasteiger charge is -2.09. The predicted octanol–water partition coefficient (Wildman–Crippen LogP) is 3.81. The first kappa shape index (κ1) is 20.1. The van der Waals surface area contributed by atoms with Crippen molar-refractivity contribution < 1.29 is 14.3 Å². The molecule has 0 unspecified atom stereocenters. The van der Waals surface area contributed by atoms with E-state index in [1.807, 2.05) is 54.6 Å². The monoisotopic (exact) mass is 389 g/mol. The number of rotatable bonds is 9. The van der Waals surface area contributed by atoms with E-state index >= 15 is 0 Å². The molecule has 0 saturated heterocycles. The fourth-order valence-corrected chi connectivity index (χ4v) is 2.70. The zero-order valence-corrected chi connectivity index (χ0v) is 16.0. The zero-order valence-electron chi connectivity index (χ0n) is 16.0. The van der Waals surface area contributed by atoms with Crippen LogP contribution < -0.4 is 15.4 Å². The molecule has 2 aromatic carbocycles. The number of para-hydroxylation sites is 1. The number of nitrogens with zero attached hydrogens (tertiary/aromatic N) is 1. The van der Waals surface area contributed by atoms with E-state index in [1.54, 1.807) is 18.3 Å². The lowest BCUT2D eigenvalue weighted by Crippen LogP contribution is -2.23. The minimum atomic E-state index is -0.189. The Morgan fingerprint density at radius 3 is 2.62 bits per heavy atom.